The molecule has 0 radical (unpaired) electrons. The highest BCUT2D eigenvalue weighted by atomic mass is 16.3. The highest BCUT2D eigenvalue weighted by molar-refractivity contribution is 5.73. The zero-order valence-electron chi connectivity index (χ0n) is 14.3. The lowest BCUT2D eigenvalue weighted by Crippen LogP contribution is -2.48. The number of rotatable bonds is 7. The molecule has 5 nitrogen and oxygen atoms in total. The number of nitrogens with one attached hydrogen (secondary N) is 1. The predicted octanol–water partition coefficient (Wildman–Crippen LogP) is 1.57. The van der Waals surface area contributed by atoms with Gasteiger partial charge in [-0.1, -0.05) is 30.3 Å². The number of carbonyl (C=O) groups is 1. The number of hydrogen-bond donors (Lipinski definition) is 2. The van der Waals surface area contributed by atoms with Crippen LogP contribution in [0.4, 0.5) is 4.79 Å². The summed E-state index contributed by atoms with van der Waals surface area (Å²) in [5.41, 5.74) is 0.358. The average molecular weight is 307 g/mol. The van der Waals surface area contributed by atoms with E-state index >= 15 is 0 Å². The molecule has 5 heteroatoms. The van der Waals surface area contributed by atoms with E-state index in [0.29, 0.717) is 13.1 Å². The van der Waals surface area contributed by atoms with Gasteiger partial charge in [-0.05, 0) is 39.9 Å². The molecule has 0 aliphatic rings. The lowest BCUT2D eigenvalue weighted by molar-refractivity contribution is 0.0530. The molecule has 0 aliphatic carbocycles. The van der Waals surface area contributed by atoms with E-state index in [0.717, 1.165) is 6.42 Å². The van der Waals surface area contributed by atoms with Crippen molar-refractivity contribution in [1.82, 2.24) is 15.1 Å². The highest BCUT2D eigenvalue weighted by Crippen LogP contribution is 2.07. The molecule has 2 amide bonds. The summed E-state index contributed by atoms with van der Waals surface area (Å²) in [4.78, 5) is 15.7. The van der Waals surface area contributed by atoms with Crippen LogP contribution in [-0.4, -0.2) is 66.8 Å². The highest BCUT2D eigenvalue weighted by Gasteiger charge is 2.20. The lowest BCUT2D eigenvalue weighted by atomic mass is 10.1. The summed E-state index contributed by atoms with van der Waals surface area (Å²) in [7, 11) is 5.72. The molecule has 0 saturated carbocycles. The van der Waals surface area contributed by atoms with Crippen LogP contribution in [0.3, 0.4) is 0 Å². The molecule has 0 heterocycles. The molecule has 1 unspecified atom stereocenters. The fraction of sp³-hybridized carbons (Fsp3) is 0.588. The Morgan fingerprint density at radius 3 is 2.32 bits per heavy atom. The van der Waals surface area contributed by atoms with Crippen LogP contribution in [-0.2, 0) is 6.42 Å². The maximum atomic E-state index is 12.1. The van der Waals surface area contributed by atoms with Crippen LogP contribution in [0, 0.1) is 0 Å². The number of likely N-dealkylation sites (N-methyl/N-ethyl adjacent to an activating group) is 2. The number of carbonyl (C=O) groups excluding carboxylic acids is 1. The number of nitrogens with zero attached hydrogens (tertiary/aromatic N) is 2. The fourth-order valence-corrected chi connectivity index (χ4v) is 2.32. The van der Waals surface area contributed by atoms with Gasteiger partial charge in [0, 0.05) is 19.6 Å². The van der Waals surface area contributed by atoms with E-state index in [9.17, 15) is 9.90 Å². The molecule has 2 N–H and O–H groups in total. The van der Waals surface area contributed by atoms with Crippen molar-refractivity contribution >= 4 is 6.03 Å². The molecule has 0 fully saturated rings. The van der Waals surface area contributed by atoms with Gasteiger partial charge < -0.3 is 20.2 Å². The van der Waals surface area contributed by atoms with Gasteiger partial charge in [0.1, 0.15) is 0 Å². The standard InChI is InChI=1S/C17H29N3O2/c1-17(2,22)13-20(5)16(21)18-12-15(19(3)4)11-14-9-7-6-8-10-14/h6-10,15,22H,11-13H2,1-5H3,(H,18,21). The Balaban J connectivity index is 2.52. The van der Waals surface area contributed by atoms with Crippen LogP contribution in [0.5, 0.6) is 0 Å². The van der Waals surface area contributed by atoms with E-state index in [1.807, 2.05) is 32.3 Å². The third-order valence-corrected chi connectivity index (χ3v) is 3.50. The Kier molecular flexibility index (Phi) is 6.84. The minimum atomic E-state index is -0.892. The summed E-state index contributed by atoms with van der Waals surface area (Å²) < 4.78 is 0. The summed E-state index contributed by atoms with van der Waals surface area (Å²) in [5.74, 6) is 0. The second-order valence-corrected chi connectivity index (χ2v) is 6.66. The van der Waals surface area contributed by atoms with Crippen molar-refractivity contribution in [3.05, 3.63) is 35.9 Å². The number of urea groups is 1. The molecular weight excluding hydrogens is 278 g/mol. The first-order chi connectivity index (χ1) is 10.2. The van der Waals surface area contributed by atoms with Crippen LogP contribution in [0.25, 0.3) is 0 Å². The van der Waals surface area contributed by atoms with E-state index in [1.54, 1.807) is 20.9 Å². The third-order valence-electron chi connectivity index (χ3n) is 3.50. The monoisotopic (exact) mass is 307 g/mol. The van der Waals surface area contributed by atoms with Crippen LogP contribution >= 0.6 is 0 Å². The van der Waals surface area contributed by atoms with E-state index < -0.39 is 5.60 Å². The van der Waals surface area contributed by atoms with Gasteiger partial charge in [0.2, 0.25) is 0 Å². The van der Waals surface area contributed by atoms with E-state index in [4.69, 9.17) is 0 Å². The van der Waals surface area contributed by atoms with Gasteiger partial charge in [-0.3, -0.25) is 0 Å². The minimum Gasteiger partial charge on any atom is -0.389 e. The zero-order valence-corrected chi connectivity index (χ0v) is 14.3. The van der Waals surface area contributed by atoms with E-state index in [-0.39, 0.29) is 12.1 Å². The molecule has 1 aromatic rings. The second kappa shape index (κ2) is 8.15. The molecule has 0 aromatic heterocycles. The first kappa shape index (κ1) is 18.5. The normalized spacial score (nSPS) is 13.0. The van der Waals surface area contributed by atoms with Crippen molar-refractivity contribution in [2.45, 2.75) is 31.9 Å². The Hall–Kier alpha value is -1.59. The van der Waals surface area contributed by atoms with Gasteiger partial charge in [0.25, 0.3) is 0 Å². The number of aliphatic hydroxyl groups is 1. The number of benzene rings is 1. The van der Waals surface area contributed by atoms with Gasteiger partial charge in [0.15, 0.2) is 0 Å². The molecule has 1 rings (SSSR count). The van der Waals surface area contributed by atoms with Crippen molar-refractivity contribution < 1.29 is 9.90 Å². The van der Waals surface area contributed by atoms with E-state index in [1.165, 1.54) is 10.5 Å². The first-order valence-corrected chi connectivity index (χ1v) is 7.61. The van der Waals surface area contributed by atoms with Crippen molar-refractivity contribution in [2.75, 3.05) is 34.2 Å². The summed E-state index contributed by atoms with van der Waals surface area (Å²) in [6, 6.07) is 10.3. The maximum absolute atomic E-state index is 12.1. The average Bonchev–Trinajstić information content (AvgIpc) is 2.42. The predicted molar refractivity (Wildman–Crippen MR) is 89.9 cm³/mol. The first-order valence-electron chi connectivity index (χ1n) is 7.61. The summed E-state index contributed by atoms with van der Waals surface area (Å²) in [6.45, 7) is 4.24. The third kappa shape index (κ3) is 6.91. The van der Waals surface area contributed by atoms with Crippen LogP contribution < -0.4 is 5.32 Å². The van der Waals surface area contributed by atoms with Gasteiger partial charge >= 0.3 is 6.03 Å². The van der Waals surface area contributed by atoms with E-state index in [2.05, 4.69) is 22.3 Å². The van der Waals surface area contributed by atoms with Gasteiger partial charge in [-0.15, -0.1) is 0 Å². The molecule has 0 saturated heterocycles. The van der Waals surface area contributed by atoms with Gasteiger partial charge in [-0.2, -0.15) is 0 Å². The summed E-state index contributed by atoms with van der Waals surface area (Å²) in [6.07, 6.45) is 0.878. The number of hydrogen-bond acceptors (Lipinski definition) is 3. The Bertz CT molecular complexity index is 455. The lowest BCUT2D eigenvalue weighted by Gasteiger charge is -2.28. The molecular formula is C17H29N3O2. The molecule has 1 aromatic carbocycles. The van der Waals surface area contributed by atoms with Crippen molar-refractivity contribution in [2.24, 2.45) is 0 Å². The number of amides is 2. The topological polar surface area (TPSA) is 55.8 Å². The summed E-state index contributed by atoms with van der Waals surface area (Å²) >= 11 is 0. The molecule has 0 aliphatic heterocycles. The Morgan fingerprint density at radius 1 is 1.23 bits per heavy atom. The maximum Gasteiger partial charge on any atom is 0.317 e. The quantitative estimate of drug-likeness (QED) is 0.804. The smallest absolute Gasteiger partial charge is 0.317 e. The Morgan fingerprint density at radius 2 is 1.82 bits per heavy atom. The molecule has 0 spiro atoms. The van der Waals surface area contributed by atoms with Crippen molar-refractivity contribution in [1.29, 1.82) is 0 Å². The minimum absolute atomic E-state index is 0.165. The molecule has 1 atom stereocenters. The zero-order chi connectivity index (χ0) is 16.8. The SMILES string of the molecule is CN(CC(C)(C)O)C(=O)NCC(Cc1ccccc1)N(C)C. The summed E-state index contributed by atoms with van der Waals surface area (Å²) in [5, 5.41) is 12.7. The van der Waals surface area contributed by atoms with Crippen molar-refractivity contribution in [3.8, 4) is 0 Å². The van der Waals surface area contributed by atoms with Crippen LogP contribution in [0.1, 0.15) is 19.4 Å². The second-order valence-electron chi connectivity index (χ2n) is 6.66. The van der Waals surface area contributed by atoms with Crippen LogP contribution in [0.2, 0.25) is 0 Å². The Labute approximate surface area is 133 Å². The fourth-order valence-electron chi connectivity index (χ4n) is 2.32. The van der Waals surface area contributed by atoms with Gasteiger partial charge in [0.05, 0.1) is 12.1 Å². The van der Waals surface area contributed by atoms with Gasteiger partial charge in [-0.25, -0.2) is 4.79 Å². The molecule has 0 bridgehead atoms. The molecule has 124 valence electrons. The molecule has 22 heavy (non-hydrogen) atoms. The van der Waals surface area contributed by atoms with Crippen molar-refractivity contribution in [3.63, 3.8) is 0 Å². The largest absolute Gasteiger partial charge is 0.389 e. The van der Waals surface area contributed by atoms with Crippen LogP contribution in [0.15, 0.2) is 30.3 Å².